The van der Waals surface area contributed by atoms with Gasteiger partial charge in [-0.25, -0.2) is 4.68 Å². The number of hydrogen-bond donors (Lipinski definition) is 1. The summed E-state index contributed by atoms with van der Waals surface area (Å²) in [7, 11) is 2.03. The van der Waals surface area contributed by atoms with Crippen LogP contribution in [0.3, 0.4) is 0 Å². The molecule has 0 radical (unpaired) electrons. The Morgan fingerprint density at radius 3 is 2.88 bits per heavy atom. The highest BCUT2D eigenvalue weighted by Gasteiger charge is 2.26. The second-order valence-corrected chi connectivity index (χ2v) is 8.08. The van der Waals surface area contributed by atoms with Crippen LogP contribution in [-0.4, -0.2) is 52.5 Å². The number of para-hydroxylation sites is 1. The Kier molecular flexibility index (Phi) is 6.90. The number of ether oxygens (including phenoxy) is 1. The van der Waals surface area contributed by atoms with Gasteiger partial charge in [0.1, 0.15) is 5.82 Å². The van der Waals surface area contributed by atoms with Gasteiger partial charge in [-0.05, 0) is 25.8 Å². The summed E-state index contributed by atoms with van der Waals surface area (Å²) < 4.78 is 9.27. The second-order valence-electron chi connectivity index (χ2n) is 8.08. The monoisotopic (exact) mass is 437 g/mol. The van der Waals surface area contributed by atoms with Crippen LogP contribution >= 0.6 is 0 Å². The van der Waals surface area contributed by atoms with Crippen molar-refractivity contribution in [1.29, 1.82) is 0 Å². The molecule has 0 saturated heterocycles. The van der Waals surface area contributed by atoms with Crippen LogP contribution in [0.25, 0.3) is 22.2 Å². The number of amides is 2. The SMILES string of the molecule is CCOCCCNC(=O)CCC(=O)N1CCCn2nc(-c3cn(C)c4ccccc34)cc21. The summed E-state index contributed by atoms with van der Waals surface area (Å²) in [5.74, 6) is 0.665. The Hall–Kier alpha value is -3.13. The molecule has 170 valence electrons. The van der Waals surface area contributed by atoms with Crippen molar-refractivity contribution in [3.8, 4) is 11.3 Å². The summed E-state index contributed by atoms with van der Waals surface area (Å²) in [6.07, 6.45) is 4.08. The molecule has 1 aliphatic rings. The first-order chi connectivity index (χ1) is 15.6. The minimum absolute atomic E-state index is 0.0419. The van der Waals surface area contributed by atoms with Crippen molar-refractivity contribution in [2.75, 3.05) is 31.2 Å². The molecule has 0 spiro atoms. The van der Waals surface area contributed by atoms with Gasteiger partial charge in [-0.1, -0.05) is 18.2 Å². The fourth-order valence-corrected chi connectivity index (χ4v) is 4.20. The Bertz CT molecular complexity index is 1100. The zero-order valence-corrected chi connectivity index (χ0v) is 18.8. The van der Waals surface area contributed by atoms with Gasteiger partial charge < -0.3 is 14.6 Å². The van der Waals surface area contributed by atoms with E-state index in [4.69, 9.17) is 9.84 Å². The molecule has 0 bridgehead atoms. The maximum atomic E-state index is 12.9. The average Bonchev–Trinajstić information content (AvgIpc) is 3.38. The first-order valence-electron chi connectivity index (χ1n) is 11.4. The molecule has 8 heteroatoms. The first-order valence-corrected chi connectivity index (χ1v) is 11.4. The Morgan fingerprint density at radius 1 is 1.19 bits per heavy atom. The molecular weight excluding hydrogens is 406 g/mol. The summed E-state index contributed by atoms with van der Waals surface area (Å²) >= 11 is 0. The minimum Gasteiger partial charge on any atom is -0.382 e. The number of aryl methyl sites for hydroxylation is 2. The fraction of sp³-hybridized carbons (Fsp3) is 0.458. The van der Waals surface area contributed by atoms with Crippen LogP contribution in [0.15, 0.2) is 36.5 Å². The number of aromatic nitrogens is 3. The van der Waals surface area contributed by atoms with E-state index >= 15 is 0 Å². The maximum Gasteiger partial charge on any atom is 0.228 e. The summed E-state index contributed by atoms with van der Waals surface area (Å²) in [6.45, 7) is 5.25. The molecule has 0 saturated carbocycles. The zero-order chi connectivity index (χ0) is 22.5. The number of hydrogen-bond acceptors (Lipinski definition) is 4. The molecule has 1 aliphatic heterocycles. The van der Waals surface area contributed by atoms with Crippen molar-refractivity contribution in [1.82, 2.24) is 19.7 Å². The number of fused-ring (bicyclic) bond motifs is 2. The molecule has 0 aliphatic carbocycles. The van der Waals surface area contributed by atoms with Crippen LogP contribution in [-0.2, 0) is 27.9 Å². The van der Waals surface area contributed by atoms with Crippen molar-refractivity contribution in [3.05, 3.63) is 36.5 Å². The van der Waals surface area contributed by atoms with Gasteiger partial charge >= 0.3 is 0 Å². The minimum atomic E-state index is -0.100. The molecule has 3 heterocycles. The number of nitrogens with one attached hydrogen (secondary N) is 1. The van der Waals surface area contributed by atoms with Crippen molar-refractivity contribution >= 4 is 28.5 Å². The van der Waals surface area contributed by atoms with E-state index in [1.54, 1.807) is 4.90 Å². The lowest BCUT2D eigenvalue weighted by atomic mass is 10.1. The van der Waals surface area contributed by atoms with Crippen LogP contribution in [0.1, 0.15) is 32.6 Å². The van der Waals surface area contributed by atoms with Crippen LogP contribution in [0.2, 0.25) is 0 Å². The summed E-state index contributed by atoms with van der Waals surface area (Å²) in [4.78, 5) is 26.8. The van der Waals surface area contributed by atoms with Crippen LogP contribution < -0.4 is 10.2 Å². The third kappa shape index (κ3) is 4.70. The highest BCUT2D eigenvalue weighted by atomic mass is 16.5. The normalized spacial score (nSPS) is 13.4. The van der Waals surface area contributed by atoms with E-state index in [1.165, 1.54) is 0 Å². The van der Waals surface area contributed by atoms with Crippen LogP contribution in [0, 0.1) is 0 Å². The second kappa shape index (κ2) is 9.99. The van der Waals surface area contributed by atoms with Gasteiger partial charge in [0.15, 0.2) is 0 Å². The zero-order valence-electron chi connectivity index (χ0n) is 18.8. The lowest BCUT2D eigenvalue weighted by molar-refractivity contribution is -0.125. The van der Waals surface area contributed by atoms with Crippen molar-refractivity contribution in [3.63, 3.8) is 0 Å². The highest BCUT2D eigenvalue weighted by Crippen LogP contribution is 2.33. The Balaban J connectivity index is 1.42. The third-order valence-corrected chi connectivity index (χ3v) is 5.82. The average molecular weight is 438 g/mol. The van der Waals surface area contributed by atoms with Gasteiger partial charge in [0, 0.05) is 81.5 Å². The van der Waals surface area contributed by atoms with Crippen molar-refractivity contribution < 1.29 is 14.3 Å². The number of carbonyl (C=O) groups is 2. The molecule has 2 amide bonds. The molecule has 2 aromatic heterocycles. The predicted molar refractivity (Wildman–Crippen MR) is 124 cm³/mol. The first kappa shape index (κ1) is 22.1. The van der Waals surface area contributed by atoms with Gasteiger partial charge in [-0.2, -0.15) is 5.10 Å². The van der Waals surface area contributed by atoms with E-state index in [2.05, 4.69) is 28.2 Å². The van der Waals surface area contributed by atoms with E-state index in [0.29, 0.717) is 26.3 Å². The molecule has 3 aromatic rings. The largest absolute Gasteiger partial charge is 0.382 e. The summed E-state index contributed by atoms with van der Waals surface area (Å²) in [5, 5.41) is 8.79. The Labute approximate surface area is 188 Å². The topological polar surface area (TPSA) is 81.4 Å². The quantitative estimate of drug-likeness (QED) is 0.522. The standard InChI is InChI=1S/C24H31N5O3/c1-3-32-15-6-12-25-22(30)10-11-24(31)28-13-7-14-29-23(28)16-20(26-29)19-17-27(2)21-9-5-4-8-18(19)21/h4-5,8-9,16-17H,3,6-7,10-15H2,1-2H3,(H,25,30). The van der Waals surface area contributed by atoms with E-state index in [-0.39, 0.29) is 24.7 Å². The summed E-state index contributed by atoms with van der Waals surface area (Å²) in [5.41, 5.74) is 3.07. The van der Waals surface area contributed by atoms with E-state index in [1.807, 2.05) is 36.9 Å². The Morgan fingerprint density at radius 2 is 2.03 bits per heavy atom. The van der Waals surface area contributed by atoms with Gasteiger partial charge in [0.2, 0.25) is 11.8 Å². The van der Waals surface area contributed by atoms with Crippen LogP contribution in [0.4, 0.5) is 5.82 Å². The molecule has 8 nitrogen and oxygen atoms in total. The highest BCUT2D eigenvalue weighted by molar-refractivity contribution is 5.98. The molecule has 4 rings (SSSR count). The molecular formula is C24H31N5O3. The fourth-order valence-electron chi connectivity index (χ4n) is 4.20. The molecule has 32 heavy (non-hydrogen) atoms. The smallest absolute Gasteiger partial charge is 0.228 e. The molecule has 1 N–H and O–H groups in total. The lowest BCUT2D eigenvalue weighted by Gasteiger charge is -2.27. The molecule has 0 unspecified atom stereocenters. The van der Waals surface area contributed by atoms with Gasteiger partial charge in [0.25, 0.3) is 0 Å². The lowest BCUT2D eigenvalue weighted by Crippen LogP contribution is -2.38. The van der Waals surface area contributed by atoms with Crippen LogP contribution in [0.5, 0.6) is 0 Å². The molecule has 1 aromatic carbocycles. The molecule has 0 fully saturated rings. The maximum absolute atomic E-state index is 12.9. The number of carbonyl (C=O) groups excluding carboxylic acids is 2. The number of rotatable bonds is 9. The van der Waals surface area contributed by atoms with Crippen molar-refractivity contribution in [2.45, 2.75) is 39.2 Å². The van der Waals surface area contributed by atoms with E-state index in [9.17, 15) is 9.59 Å². The van der Waals surface area contributed by atoms with Gasteiger partial charge in [-0.3, -0.25) is 14.5 Å². The van der Waals surface area contributed by atoms with Crippen molar-refractivity contribution in [2.24, 2.45) is 7.05 Å². The van der Waals surface area contributed by atoms with E-state index in [0.717, 1.165) is 47.4 Å². The third-order valence-electron chi connectivity index (χ3n) is 5.82. The number of nitrogens with zero attached hydrogens (tertiary/aromatic N) is 4. The van der Waals surface area contributed by atoms with Gasteiger partial charge in [-0.15, -0.1) is 0 Å². The predicted octanol–water partition coefficient (Wildman–Crippen LogP) is 3.10. The number of benzene rings is 1. The van der Waals surface area contributed by atoms with E-state index < -0.39 is 0 Å². The van der Waals surface area contributed by atoms with Gasteiger partial charge in [0.05, 0.1) is 5.69 Å². The summed E-state index contributed by atoms with van der Waals surface area (Å²) in [6, 6.07) is 10.2. The number of anilines is 1. The molecule has 0 atom stereocenters.